The Morgan fingerprint density at radius 3 is 2.50 bits per heavy atom. The summed E-state index contributed by atoms with van der Waals surface area (Å²) in [6.45, 7) is 2.12. The first-order valence-corrected chi connectivity index (χ1v) is 6.68. The Hall–Kier alpha value is -1.32. The van der Waals surface area contributed by atoms with E-state index in [0.29, 0.717) is 0 Å². The van der Waals surface area contributed by atoms with Crippen molar-refractivity contribution in [2.24, 2.45) is 0 Å². The minimum absolute atomic E-state index is 0.0690. The number of benzene rings is 2. The van der Waals surface area contributed by atoms with Crippen molar-refractivity contribution in [3.63, 3.8) is 0 Å². The summed E-state index contributed by atoms with van der Waals surface area (Å²) in [5, 5.41) is 12.8. The van der Waals surface area contributed by atoms with E-state index in [1.165, 1.54) is 5.56 Å². The Kier molecular flexibility index (Phi) is 4.39. The number of nitrogens with one attached hydrogen (secondary N) is 1. The highest BCUT2D eigenvalue weighted by Gasteiger charge is 2.09. The molecule has 0 amide bonds. The Bertz CT molecular complexity index is 510. The zero-order valence-electron chi connectivity index (χ0n) is 10.2. The topological polar surface area (TPSA) is 32.3 Å². The second-order valence-electron chi connectivity index (χ2n) is 4.30. The number of anilines is 1. The average Bonchev–Trinajstić information content (AvgIpc) is 2.38. The largest absolute Gasteiger partial charge is 0.394 e. The zero-order chi connectivity index (χ0) is 13.0. The first kappa shape index (κ1) is 13.1. The summed E-state index contributed by atoms with van der Waals surface area (Å²) in [6.07, 6.45) is 0. The molecule has 2 nitrogen and oxygen atoms in total. The number of aliphatic hydroxyl groups is 1. The Morgan fingerprint density at radius 2 is 1.89 bits per heavy atom. The molecule has 0 saturated carbocycles. The number of aryl methyl sites for hydroxylation is 1. The van der Waals surface area contributed by atoms with Crippen LogP contribution >= 0.6 is 15.9 Å². The fraction of sp³-hybridized carbons (Fsp3) is 0.200. The smallest absolute Gasteiger partial charge is 0.0745 e. The van der Waals surface area contributed by atoms with Crippen LogP contribution in [0.5, 0.6) is 0 Å². The molecular formula is C15H16BrNO. The molecule has 1 unspecified atom stereocenters. The lowest BCUT2D eigenvalue weighted by atomic mass is 10.0. The van der Waals surface area contributed by atoms with Crippen LogP contribution in [0.3, 0.4) is 0 Å². The van der Waals surface area contributed by atoms with Crippen LogP contribution in [0, 0.1) is 6.92 Å². The highest BCUT2D eigenvalue weighted by Crippen LogP contribution is 2.21. The van der Waals surface area contributed by atoms with Gasteiger partial charge in [-0.2, -0.15) is 0 Å². The van der Waals surface area contributed by atoms with Gasteiger partial charge in [0.15, 0.2) is 0 Å². The molecular weight excluding hydrogens is 290 g/mol. The van der Waals surface area contributed by atoms with Crippen LogP contribution in [0.25, 0.3) is 0 Å². The summed E-state index contributed by atoms with van der Waals surface area (Å²) in [4.78, 5) is 0. The Balaban J connectivity index is 2.17. The van der Waals surface area contributed by atoms with Gasteiger partial charge in [-0.3, -0.25) is 0 Å². The normalized spacial score (nSPS) is 12.2. The fourth-order valence-electron chi connectivity index (χ4n) is 1.87. The van der Waals surface area contributed by atoms with Crippen LogP contribution < -0.4 is 5.32 Å². The van der Waals surface area contributed by atoms with Crippen LogP contribution in [0.4, 0.5) is 5.69 Å². The maximum atomic E-state index is 9.51. The van der Waals surface area contributed by atoms with Gasteiger partial charge in [-0.05, 0) is 36.8 Å². The van der Waals surface area contributed by atoms with Gasteiger partial charge < -0.3 is 10.4 Å². The summed E-state index contributed by atoms with van der Waals surface area (Å²) >= 11 is 3.41. The highest BCUT2D eigenvalue weighted by atomic mass is 79.9. The fourth-order valence-corrected chi connectivity index (χ4v) is 2.13. The number of rotatable bonds is 4. The summed E-state index contributed by atoms with van der Waals surface area (Å²) in [5.74, 6) is 0. The third kappa shape index (κ3) is 3.34. The Morgan fingerprint density at radius 1 is 1.17 bits per heavy atom. The van der Waals surface area contributed by atoms with E-state index in [9.17, 15) is 5.11 Å². The van der Waals surface area contributed by atoms with Crippen LogP contribution in [0.1, 0.15) is 17.2 Å². The van der Waals surface area contributed by atoms with Crippen molar-refractivity contribution in [1.29, 1.82) is 0 Å². The highest BCUT2D eigenvalue weighted by molar-refractivity contribution is 9.10. The summed E-state index contributed by atoms with van der Waals surface area (Å²) in [5.41, 5.74) is 3.29. The quantitative estimate of drug-likeness (QED) is 0.898. The van der Waals surface area contributed by atoms with E-state index >= 15 is 0 Å². The third-order valence-electron chi connectivity index (χ3n) is 2.81. The van der Waals surface area contributed by atoms with E-state index in [4.69, 9.17) is 0 Å². The monoisotopic (exact) mass is 305 g/mol. The predicted octanol–water partition coefficient (Wildman–Crippen LogP) is 3.90. The number of aliphatic hydroxyl groups excluding tert-OH is 1. The molecule has 0 aliphatic heterocycles. The van der Waals surface area contributed by atoms with Gasteiger partial charge in [0.25, 0.3) is 0 Å². The molecule has 2 rings (SSSR count). The molecule has 2 N–H and O–H groups in total. The summed E-state index contributed by atoms with van der Waals surface area (Å²) in [7, 11) is 0. The van der Waals surface area contributed by atoms with Gasteiger partial charge in [-0.1, -0.05) is 45.8 Å². The van der Waals surface area contributed by atoms with E-state index in [-0.39, 0.29) is 12.6 Å². The van der Waals surface area contributed by atoms with Crippen LogP contribution in [-0.2, 0) is 0 Å². The van der Waals surface area contributed by atoms with Gasteiger partial charge in [0.2, 0.25) is 0 Å². The van der Waals surface area contributed by atoms with Crippen molar-refractivity contribution in [3.05, 3.63) is 64.1 Å². The van der Waals surface area contributed by atoms with E-state index in [1.807, 2.05) is 36.4 Å². The lowest BCUT2D eigenvalue weighted by Gasteiger charge is -2.18. The molecule has 18 heavy (non-hydrogen) atoms. The first-order valence-electron chi connectivity index (χ1n) is 5.88. The van der Waals surface area contributed by atoms with Crippen LogP contribution in [-0.4, -0.2) is 11.7 Å². The zero-order valence-corrected chi connectivity index (χ0v) is 11.8. The maximum Gasteiger partial charge on any atom is 0.0745 e. The molecule has 94 valence electrons. The van der Waals surface area contributed by atoms with Crippen LogP contribution in [0.15, 0.2) is 53.0 Å². The van der Waals surface area contributed by atoms with E-state index in [2.05, 4.69) is 40.3 Å². The molecule has 3 heteroatoms. The van der Waals surface area contributed by atoms with Crippen LogP contribution in [0.2, 0.25) is 0 Å². The van der Waals surface area contributed by atoms with Gasteiger partial charge in [0.05, 0.1) is 12.6 Å². The molecule has 0 radical (unpaired) electrons. The summed E-state index contributed by atoms with van der Waals surface area (Å²) in [6, 6.07) is 16.0. The third-order valence-corrected chi connectivity index (χ3v) is 3.34. The van der Waals surface area contributed by atoms with Gasteiger partial charge in [-0.15, -0.1) is 0 Å². The van der Waals surface area contributed by atoms with Crippen molar-refractivity contribution >= 4 is 21.6 Å². The minimum atomic E-state index is -0.0777. The summed E-state index contributed by atoms with van der Waals surface area (Å²) < 4.78 is 1.05. The molecule has 0 saturated heterocycles. The lowest BCUT2D eigenvalue weighted by Crippen LogP contribution is -2.14. The molecule has 0 bridgehead atoms. The molecule has 0 aliphatic rings. The number of hydrogen-bond donors (Lipinski definition) is 2. The molecule has 2 aromatic rings. The molecule has 0 fully saturated rings. The standard InChI is InChI=1S/C15H16BrNO/c1-11-3-2-4-12(9-11)15(10-18)17-14-7-5-13(16)6-8-14/h2-9,15,17-18H,10H2,1H3. The number of hydrogen-bond acceptors (Lipinski definition) is 2. The molecule has 0 aromatic heterocycles. The first-order chi connectivity index (χ1) is 8.69. The van der Waals surface area contributed by atoms with Gasteiger partial charge in [0, 0.05) is 10.2 Å². The minimum Gasteiger partial charge on any atom is -0.394 e. The number of halogens is 1. The second-order valence-corrected chi connectivity index (χ2v) is 5.22. The van der Waals surface area contributed by atoms with Crippen molar-refractivity contribution in [1.82, 2.24) is 0 Å². The maximum absolute atomic E-state index is 9.51. The Labute approximate surface area is 116 Å². The van der Waals surface area contributed by atoms with E-state index in [0.717, 1.165) is 15.7 Å². The van der Waals surface area contributed by atoms with Crippen molar-refractivity contribution in [2.45, 2.75) is 13.0 Å². The molecule has 0 heterocycles. The molecule has 1 atom stereocenters. The van der Waals surface area contributed by atoms with Crippen molar-refractivity contribution in [2.75, 3.05) is 11.9 Å². The van der Waals surface area contributed by atoms with Gasteiger partial charge >= 0.3 is 0 Å². The predicted molar refractivity (Wildman–Crippen MR) is 78.8 cm³/mol. The average molecular weight is 306 g/mol. The second kappa shape index (κ2) is 6.03. The van der Waals surface area contributed by atoms with E-state index in [1.54, 1.807) is 0 Å². The van der Waals surface area contributed by atoms with Gasteiger partial charge in [-0.25, -0.2) is 0 Å². The van der Waals surface area contributed by atoms with E-state index < -0.39 is 0 Å². The SMILES string of the molecule is Cc1cccc(C(CO)Nc2ccc(Br)cc2)c1. The van der Waals surface area contributed by atoms with Crippen molar-refractivity contribution < 1.29 is 5.11 Å². The lowest BCUT2D eigenvalue weighted by molar-refractivity contribution is 0.276. The molecule has 2 aromatic carbocycles. The van der Waals surface area contributed by atoms with Gasteiger partial charge in [0.1, 0.15) is 0 Å². The molecule has 0 aliphatic carbocycles. The van der Waals surface area contributed by atoms with Crippen molar-refractivity contribution in [3.8, 4) is 0 Å². The molecule has 0 spiro atoms.